The van der Waals surface area contributed by atoms with Gasteiger partial charge in [-0.15, -0.1) is 0 Å². The Labute approximate surface area is 119 Å². The summed E-state index contributed by atoms with van der Waals surface area (Å²) in [5.74, 6) is -0.456. The van der Waals surface area contributed by atoms with Gasteiger partial charge in [-0.3, -0.25) is 9.59 Å². The van der Waals surface area contributed by atoms with Gasteiger partial charge in [-0.1, -0.05) is 42.1 Å². The Bertz CT molecular complexity index is 760. The van der Waals surface area contributed by atoms with Gasteiger partial charge >= 0.3 is 0 Å². The van der Waals surface area contributed by atoms with Crippen LogP contribution in [0.15, 0.2) is 40.3 Å². The maximum Gasteiger partial charge on any atom is 0.279 e. The minimum absolute atomic E-state index is 0.121. The third-order valence-corrected chi connectivity index (χ3v) is 3.35. The highest BCUT2D eigenvalue weighted by atomic mass is 32.2. The zero-order valence-electron chi connectivity index (χ0n) is 11.0. The van der Waals surface area contributed by atoms with Crippen molar-refractivity contribution in [1.82, 2.24) is 9.55 Å². The number of rotatable bonds is 2. The van der Waals surface area contributed by atoms with Gasteiger partial charge in [0.1, 0.15) is 11.6 Å². The van der Waals surface area contributed by atoms with Crippen LogP contribution in [0.5, 0.6) is 0 Å². The van der Waals surface area contributed by atoms with E-state index in [0.29, 0.717) is 11.3 Å². The van der Waals surface area contributed by atoms with Crippen LogP contribution in [0.25, 0.3) is 11.3 Å². The van der Waals surface area contributed by atoms with Crippen LogP contribution < -0.4 is 5.56 Å². The van der Waals surface area contributed by atoms with Crippen molar-refractivity contribution < 1.29 is 4.79 Å². The maximum atomic E-state index is 12.3. The molecule has 6 heteroatoms. The van der Waals surface area contributed by atoms with Gasteiger partial charge in [-0.05, 0) is 6.26 Å². The van der Waals surface area contributed by atoms with Crippen LogP contribution in [0.4, 0.5) is 0 Å². The van der Waals surface area contributed by atoms with Crippen LogP contribution in [0.3, 0.4) is 0 Å². The molecule has 2 aromatic rings. The number of carbonyl (C=O) groups is 1. The largest absolute Gasteiger partial charge is 0.279 e. The van der Waals surface area contributed by atoms with E-state index >= 15 is 0 Å². The lowest BCUT2D eigenvalue weighted by Gasteiger charge is -2.10. The van der Waals surface area contributed by atoms with Crippen molar-refractivity contribution >= 4 is 17.7 Å². The second-order valence-corrected chi connectivity index (χ2v) is 4.73. The van der Waals surface area contributed by atoms with Crippen LogP contribution in [0.1, 0.15) is 17.3 Å². The summed E-state index contributed by atoms with van der Waals surface area (Å²) in [4.78, 5) is 28.1. The van der Waals surface area contributed by atoms with Gasteiger partial charge in [-0.2, -0.15) is 5.26 Å². The Morgan fingerprint density at radius 1 is 1.35 bits per heavy atom. The molecule has 0 bridgehead atoms. The molecule has 0 saturated heterocycles. The van der Waals surface area contributed by atoms with Crippen LogP contribution in [0, 0.1) is 11.3 Å². The van der Waals surface area contributed by atoms with Gasteiger partial charge in [0.15, 0.2) is 5.16 Å². The monoisotopic (exact) mass is 285 g/mol. The quantitative estimate of drug-likeness (QED) is 0.624. The Hall–Kier alpha value is -2.39. The average Bonchev–Trinajstić information content (AvgIpc) is 2.46. The van der Waals surface area contributed by atoms with E-state index in [4.69, 9.17) is 0 Å². The first-order valence-electron chi connectivity index (χ1n) is 5.77. The highest BCUT2D eigenvalue weighted by Gasteiger charge is 2.19. The lowest BCUT2D eigenvalue weighted by Crippen LogP contribution is -2.30. The molecular weight excluding hydrogens is 274 g/mol. The Morgan fingerprint density at radius 2 is 2.00 bits per heavy atom. The number of aromatic nitrogens is 2. The summed E-state index contributed by atoms with van der Waals surface area (Å²) in [6, 6.07) is 10.8. The summed E-state index contributed by atoms with van der Waals surface area (Å²) in [5.41, 5.74) is 0.231. The third-order valence-electron chi connectivity index (χ3n) is 2.71. The summed E-state index contributed by atoms with van der Waals surface area (Å²) in [5, 5.41) is 9.49. The van der Waals surface area contributed by atoms with Gasteiger partial charge < -0.3 is 0 Å². The Balaban J connectivity index is 2.85. The number of nitriles is 1. The molecule has 0 unspecified atom stereocenters. The lowest BCUT2D eigenvalue weighted by atomic mass is 10.1. The highest BCUT2D eigenvalue weighted by molar-refractivity contribution is 7.98. The minimum Gasteiger partial charge on any atom is -0.274 e. The number of hydrogen-bond acceptors (Lipinski definition) is 5. The van der Waals surface area contributed by atoms with E-state index in [0.717, 1.165) is 4.57 Å². The SMILES string of the molecule is CSc1nc(-c2ccccc2)c(C#N)c(=O)n1C(C)=O. The number of hydrogen-bond donors (Lipinski definition) is 0. The smallest absolute Gasteiger partial charge is 0.274 e. The van der Waals surface area contributed by atoms with E-state index in [1.54, 1.807) is 30.5 Å². The molecule has 1 aromatic heterocycles. The molecule has 20 heavy (non-hydrogen) atoms. The van der Waals surface area contributed by atoms with Crippen molar-refractivity contribution in [3.63, 3.8) is 0 Å². The maximum absolute atomic E-state index is 12.3. The molecule has 0 aliphatic carbocycles. The minimum atomic E-state index is -0.627. The van der Waals surface area contributed by atoms with E-state index in [1.165, 1.54) is 18.7 Å². The predicted molar refractivity (Wildman–Crippen MR) is 76.7 cm³/mol. The molecule has 0 aliphatic heterocycles. The van der Waals surface area contributed by atoms with Crippen LogP contribution >= 0.6 is 11.8 Å². The molecule has 0 spiro atoms. The second-order valence-electron chi connectivity index (χ2n) is 3.96. The fourth-order valence-corrected chi connectivity index (χ4v) is 2.40. The molecule has 0 atom stereocenters. The van der Waals surface area contributed by atoms with Crippen molar-refractivity contribution in [3.8, 4) is 17.3 Å². The van der Waals surface area contributed by atoms with Gasteiger partial charge in [-0.25, -0.2) is 9.55 Å². The van der Waals surface area contributed by atoms with E-state index < -0.39 is 11.5 Å². The van der Waals surface area contributed by atoms with Gasteiger partial charge in [0, 0.05) is 12.5 Å². The van der Waals surface area contributed by atoms with Crippen molar-refractivity contribution in [2.75, 3.05) is 6.26 Å². The average molecular weight is 285 g/mol. The zero-order valence-corrected chi connectivity index (χ0v) is 11.8. The van der Waals surface area contributed by atoms with Crippen LogP contribution in [-0.4, -0.2) is 21.7 Å². The predicted octanol–water partition coefficient (Wildman–Crippen LogP) is 2.16. The number of benzene rings is 1. The Morgan fingerprint density at radius 3 is 2.50 bits per heavy atom. The number of nitrogens with zero attached hydrogens (tertiary/aromatic N) is 3. The zero-order chi connectivity index (χ0) is 14.7. The van der Waals surface area contributed by atoms with E-state index in [-0.39, 0.29) is 10.7 Å². The van der Waals surface area contributed by atoms with Gasteiger partial charge in [0.25, 0.3) is 5.56 Å². The molecule has 0 aliphatic rings. The highest BCUT2D eigenvalue weighted by Crippen LogP contribution is 2.22. The van der Waals surface area contributed by atoms with Crippen LogP contribution in [-0.2, 0) is 0 Å². The molecular formula is C14H11N3O2S. The molecule has 0 radical (unpaired) electrons. The summed E-state index contributed by atoms with van der Waals surface area (Å²) in [6.07, 6.45) is 1.72. The molecule has 100 valence electrons. The van der Waals surface area contributed by atoms with E-state index in [9.17, 15) is 14.9 Å². The Kier molecular flexibility index (Phi) is 4.01. The summed E-state index contributed by atoms with van der Waals surface area (Å²) in [6.45, 7) is 1.27. The molecule has 2 rings (SSSR count). The number of thioether (sulfide) groups is 1. The molecule has 1 aromatic carbocycles. The lowest BCUT2D eigenvalue weighted by molar-refractivity contribution is 0.0919. The van der Waals surface area contributed by atoms with Crippen molar-refractivity contribution in [2.45, 2.75) is 12.1 Å². The molecule has 0 N–H and O–H groups in total. The fourth-order valence-electron chi connectivity index (χ4n) is 1.82. The summed E-state index contributed by atoms with van der Waals surface area (Å²) in [7, 11) is 0. The van der Waals surface area contributed by atoms with Gasteiger partial charge in [0.05, 0.1) is 5.69 Å². The third kappa shape index (κ3) is 2.36. The molecule has 0 amide bonds. The normalized spacial score (nSPS) is 10.1. The van der Waals surface area contributed by atoms with Crippen LogP contribution in [0.2, 0.25) is 0 Å². The van der Waals surface area contributed by atoms with E-state index in [2.05, 4.69) is 4.98 Å². The van der Waals surface area contributed by atoms with Crippen molar-refractivity contribution in [3.05, 3.63) is 46.2 Å². The summed E-state index contributed by atoms with van der Waals surface area (Å²) >= 11 is 1.19. The van der Waals surface area contributed by atoms with Crippen molar-refractivity contribution in [1.29, 1.82) is 5.26 Å². The van der Waals surface area contributed by atoms with Crippen molar-refractivity contribution in [2.24, 2.45) is 0 Å². The molecule has 0 fully saturated rings. The first-order chi connectivity index (χ1) is 9.60. The van der Waals surface area contributed by atoms with Gasteiger partial charge in [0.2, 0.25) is 5.91 Å². The first kappa shape index (κ1) is 14.0. The standard InChI is InChI=1S/C14H11N3O2S/c1-9(18)17-13(19)11(8-15)12(16-14(17)20-2)10-6-4-3-5-7-10/h3-7H,1-2H3. The first-order valence-corrected chi connectivity index (χ1v) is 7.00. The summed E-state index contributed by atoms with van der Waals surface area (Å²) < 4.78 is 0.926. The fraction of sp³-hybridized carbons (Fsp3) is 0.143. The topological polar surface area (TPSA) is 75.8 Å². The number of carbonyl (C=O) groups excluding carboxylic acids is 1. The van der Waals surface area contributed by atoms with E-state index in [1.807, 2.05) is 12.1 Å². The molecule has 5 nitrogen and oxygen atoms in total. The molecule has 1 heterocycles. The second kappa shape index (κ2) is 5.72. The molecule has 0 saturated carbocycles.